The Morgan fingerprint density at radius 1 is 1.22 bits per heavy atom. The number of alkyl halides is 3. The molecule has 0 aliphatic rings. The number of carbonyl (C=O) groups is 1. The Kier molecular flexibility index (Phi) is 3.32. The number of benzene rings is 1. The summed E-state index contributed by atoms with van der Waals surface area (Å²) in [5, 5.41) is 12.6. The highest BCUT2D eigenvalue weighted by Gasteiger charge is 2.36. The number of fused-ring (bicyclic) bond motifs is 1. The van der Waals surface area contributed by atoms with E-state index in [0.29, 0.717) is 10.1 Å². The third-order valence-corrected chi connectivity index (χ3v) is 3.34. The van der Waals surface area contributed by atoms with Gasteiger partial charge in [0.25, 0.3) is 0 Å². The van der Waals surface area contributed by atoms with Crippen molar-refractivity contribution in [2.75, 3.05) is 0 Å². The molecule has 0 amide bonds. The molecular weight excluding hydrogens is 311 g/mol. The van der Waals surface area contributed by atoms with Crippen LogP contribution < -0.4 is 0 Å². The minimum Gasteiger partial charge on any atom is -0.477 e. The lowest BCUT2D eigenvalue weighted by Crippen LogP contribution is -2.14. The lowest BCUT2D eigenvalue weighted by molar-refractivity contribution is -0.142. The Balaban J connectivity index is 2.33. The fourth-order valence-corrected chi connectivity index (χ4v) is 2.19. The van der Waals surface area contributed by atoms with Crippen LogP contribution in [0.3, 0.4) is 0 Å². The SMILES string of the molecule is Cc1ccc(-c2cc(C(F)(F)F)n3ncc(C(=O)O)c3n2)cc1. The van der Waals surface area contributed by atoms with Gasteiger partial charge in [-0.3, -0.25) is 0 Å². The number of hydrogen-bond acceptors (Lipinski definition) is 3. The van der Waals surface area contributed by atoms with Gasteiger partial charge >= 0.3 is 12.1 Å². The van der Waals surface area contributed by atoms with Gasteiger partial charge in [-0.15, -0.1) is 0 Å². The Morgan fingerprint density at radius 2 is 1.87 bits per heavy atom. The van der Waals surface area contributed by atoms with Crippen LogP contribution >= 0.6 is 0 Å². The van der Waals surface area contributed by atoms with Gasteiger partial charge in [0.15, 0.2) is 11.3 Å². The van der Waals surface area contributed by atoms with Crippen molar-refractivity contribution in [1.82, 2.24) is 14.6 Å². The lowest BCUT2D eigenvalue weighted by Gasteiger charge is -2.11. The van der Waals surface area contributed by atoms with Crippen LogP contribution in [0.4, 0.5) is 13.2 Å². The van der Waals surface area contributed by atoms with Gasteiger partial charge in [-0.25, -0.2) is 14.3 Å². The van der Waals surface area contributed by atoms with Crippen molar-refractivity contribution in [3.63, 3.8) is 0 Å². The van der Waals surface area contributed by atoms with Gasteiger partial charge in [-0.2, -0.15) is 18.3 Å². The standard InChI is InChI=1S/C15H10F3N3O2/c1-8-2-4-9(5-3-8)11-6-12(15(16,17)18)21-13(20-11)10(7-19-21)14(22)23/h2-7H,1H3,(H,22,23). The van der Waals surface area contributed by atoms with Crippen molar-refractivity contribution >= 4 is 11.6 Å². The van der Waals surface area contributed by atoms with Crippen molar-refractivity contribution < 1.29 is 23.1 Å². The highest BCUT2D eigenvalue weighted by atomic mass is 19.4. The first-order valence-electron chi connectivity index (χ1n) is 6.53. The van der Waals surface area contributed by atoms with Gasteiger partial charge in [0.1, 0.15) is 5.56 Å². The summed E-state index contributed by atoms with van der Waals surface area (Å²) in [6.07, 6.45) is -3.83. The summed E-state index contributed by atoms with van der Waals surface area (Å²) in [6, 6.07) is 7.60. The predicted molar refractivity (Wildman–Crippen MR) is 75.1 cm³/mol. The number of carboxylic acid groups (broad SMARTS) is 1. The number of hydrogen-bond donors (Lipinski definition) is 1. The van der Waals surface area contributed by atoms with E-state index in [9.17, 15) is 18.0 Å². The molecule has 23 heavy (non-hydrogen) atoms. The second kappa shape index (κ2) is 5.08. The van der Waals surface area contributed by atoms with Crippen molar-refractivity contribution in [2.45, 2.75) is 13.1 Å². The maximum atomic E-state index is 13.3. The average Bonchev–Trinajstić information content (AvgIpc) is 2.89. The van der Waals surface area contributed by atoms with Crippen molar-refractivity contribution in [3.8, 4) is 11.3 Å². The smallest absolute Gasteiger partial charge is 0.433 e. The maximum Gasteiger partial charge on any atom is 0.433 e. The molecule has 3 aromatic rings. The van der Waals surface area contributed by atoms with Crippen LogP contribution in [-0.2, 0) is 6.18 Å². The Morgan fingerprint density at radius 3 is 2.43 bits per heavy atom. The van der Waals surface area contributed by atoms with Crippen molar-refractivity contribution in [1.29, 1.82) is 0 Å². The Labute approximate surface area is 128 Å². The summed E-state index contributed by atoms with van der Waals surface area (Å²) >= 11 is 0. The van der Waals surface area contributed by atoms with Crippen molar-refractivity contribution in [2.24, 2.45) is 0 Å². The largest absolute Gasteiger partial charge is 0.477 e. The van der Waals surface area contributed by atoms with E-state index in [1.807, 2.05) is 6.92 Å². The predicted octanol–water partition coefficient (Wildman–Crippen LogP) is 3.42. The summed E-state index contributed by atoms with van der Waals surface area (Å²) < 4.78 is 40.3. The summed E-state index contributed by atoms with van der Waals surface area (Å²) in [5.74, 6) is -1.39. The summed E-state index contributed by atoms with van der Waals surface area (Å²) in [5.41, 5.74) is -0.367. The second-order valence-electron chi connectivity index (χ2n) is 4.99. The number of aryl methyl sites for hydroxylation is 1. The Hall–Kier alpha value is -2.90. The van der Waals surface area contributed by atoms with Crippen LogP contribution in [0.15, 0.2) is 36.5 Å². The molecule has 0 atom stereocenters. The molecule has 118 valence electrons. The third kappa shape index (κ3) is 2.63. The molecule has 0 radical (unpaired) electrons. The summed E-state index contributed by atoms with van der Waals surface area (Å²) in [7, 11) is 0. The molecule has 2 heterocycles. The first-order chi connectivity index (χ1) is 10.8. The summed E-state index contributed by atoms with van der Waals surface area (Å²) in [4.78, 5) is 15.2. The monoisotopic (exact) mass is 321 g/mol. The highest BCUT2D eigenvalue weighted by molar-refractivity contribution is 5.94. The van der Waals surface area contributed by atoms with Gasteiger partial charge in [-0.1, -0.05) is 29.8 Å². The van der Waals surface area contributed by atoms with Crippen molar-refractivity contribution in [3.05, 3.63) is 53.3 Å². The lowest BCUT2D eigenvalue weighted by atomic mass is 10.1. The van der Waals surface area contributed by atoms with Crippen LogP contribution in [0.25, 0.3) is 16.9 Å². The van der Waals surface area contributed by atoms with Crippen LogP contribution in [0, 0.1) is 6.92 Å². The normalized spacial score (nSPS) is 11.8. The Bertz CT molecular complexity index is 899. The van der Waals surface area contributed by atoms with Crippen LogP contribution in [0.5, 0.6) is 0 Å². The molecule has 0 saturated heterocycles. The van der Waals surface area contributed by atoms with Gasteiger partial charge in [0, 0.05) is 5.56 Å². The first kappa shape index (κ1) is 15.0. The molecule has 0 fully saturated rings. The molecule has 3 rings (SSSR count). The molecular formula is C15H10F3N3O2. The fourth-order valence-electron chi connectivity index (χ4n) is 2.19. The molecule has 2 aromatic heterocycles. The quantitative estimate of drug-likeness (QED) is 0.785. The molecule has 0 spiro atoms. The highest BCUT2D eigenvalue weighted by Crippen LogP contribution is 2.32. The molecule has 1 aromatic carbocycles. The third-order valence-electron chi connectivity index (χ3n) is 3.34. The zero-order chi connectivity index (χ0) is 16.8. The maximum absolute atomic E-state index is 13.3. The van der Waals surface area contributed by atoms with Crippen LogP contribution in [0.1, 0.15) is 21.6 Å². The number of halogens is 3. The molecule has 0 unspecified atom stereocenters. The molecule has 5 nitrogen and oxygen atoms in total. The summed E-state index contributed by atoms with van der Waals surface area (Å²) in [6.45, 7) is 1.85. The van der Waals surface area contributed by atoms with Gasteiger partial charge in [0.2, 0.25) is 0 Å². The van der Waals surface area contributed by atoms with Gasteiger partial charge < -0.3 is 5.11 Å². The van der Waals surface area contributed by atoms with E-state index >= 15 is 0 Å². The number of rotatable bonds is 2. The van der Waals surface area contributed by atoms with E-state index in [4.69, 9.17) is 5.11 Å². The van der Waals surface area contributed by atoms with Crippen LogP contribution in [-0.4, -0.2) is 25.7 Å². The number of carboxylic acids is 1. The second-order valence-corrected chi connectivity index (χ2v) is 4.99. The number of nitrogens with zero attached hydrogens (tertiary/aromatic N) is 3. The molecule has 0 bridgehead atoms. The van der Waals surface area contributed by atoms with E-state index in [0.717, 1.165) is 17.8 Å². The number of aromatic nitrogens is 3. The van der Waals surface area contributed by atoms with E-state index in [1.165, 1.54) is 0 Å². The van der Waals surface area contributed by atoms with Crippen LogP contribution in [0.2, 0.25) is 0 Å². The average molecular weight is 321 g/mol. The van der Waals surface area contributed by atoms with Gasteiger partial charge in [-0.05, 0) is 13.0 Å². The molecule has 0 saturated carbocycles. The van der Waals surface area contributed by atoms with E-state index in [2.05, 4.69) is 10.1 Å². The fraction of sp³-hybridized carbons (Fsp3) is 0.133. The molecule has 0 aliphatic heterocycles. The zero-order valence-electron chi connectivity index (χ0n) is 11.8. The van der Waals surface area contributed by atoms with E-state index in [1.54, 1.807) is 24.3 Å². The topological polar surface area (TPSA) is 67.5 Å². The minimum atomic E-state index is -4.69. The minimum absolute atomic E-state index is 0.0350. The van der Waals surface area contributed by atoms with E-state index < -0.39 is 17.8 Å². The molecule has 1 N–H and O–H groups in total. The molecule has 8 heteroatoms. The molecule has 0 aliphatic carbocycles. The van der Waals surface area contributed by atoms with E-state index in [-0.39, 0.29) is 16.9 Å². The zero-order valence-corrected chi connectivity index (χ0v) is 11.8. The number of aromatic carboxylic acids is 1. The first-order valence-corrected chi connectivity index (χ1v) is 6.53. The van der Waals surface area contributed by atoms with Gasteiger partial charge in [0.05, 0.1) is 11.9 Å².